The summed E-state index contributed by atoms with van der Waals surface area (Å²) in [6, 6.07) is -1.03. The van der Waals surface area contributed by atoms with Crippen LogP contribution in [-0.4, -0.2) is 70.7 Å². The van der Waals surface area contributed by atoms with Gasteiger partial charge in [-0.25, -0.2) is 9.78 Å². The van der Waals surface area contributed by atoms with Gasteiger partial charge in [-0.1, -0.05) is 5.16 Å². The number of cyclic esters (lactones) is 1. The maximum atomic E-state index is 12.9. The number of carbonyl (C=O) groups is 4. The third kappa shape index (κ3) is 4.88. The van der Waals surface area contributed by atoms with Crippen molar-refractivity contribution >= 4 is 57.7 Å². The zero-order chi connectivity index (χ0) is 25.4. The van der Waals surface area contributed by atoms with Crippen LogP contribution in [0, 0.1) is 0 Å². The van der Waals surface area contributed by atoms with Crippen molar-refractivity contribution in [3.05, 3.63) is 45.5 Å². The Morgan fingerprint density at radius 1 is 1.39 bits per heavy atom. The average molecular weight is 544 g/mol. The molecule has 0 unspecified atom stereocenters. The molecule has 4 heterocycles. The van der Waals surface area contributed by atoms with Crippen LogP contribution in [0.5, 0.6) is 0 Å². The van der Waals surface area contributed by atoms with Gasteiger partial charge in [-0.15, -0.1) is 23.1 Å². The first-order valence-corrected chi connectivity index (χ1v) is 11.8. The molecule has 3 aliphatic rings. The van der Waals surface area contributed by atoms with Gasteiger partial charge in [0.2, 0.25) is 0 Å². The number of aromatic nitrogens is 1. The molecular formula is C20H18N5NaO8S2. The van der Waals surface area contributed by atoms with Crippen molar-refractivity contribution < 1.29 is 68.2 Å². The number of amides is 2. The van der Waals surface area contributed by atoms with E-state index in [-0.39, 0.29) is 80.2 Å². The zero-order valence-electron chi connectivity index (χ0n) is 19.5. The molecule has 1 aromatic heterocycles. The second kappa shape index (κ2) is 11.0. The monoisotopic (exact) mass is 543 g/mol. The number of nitrogens with two attached hydrogens (primary N) is 1. The van der Waals surface area contributed by atoms with E-state index in [0.29, 0.717) is 0 Å². The van der Waals surface area contributed by atoms with Crippen molar-refractivity contribution in [2.45, 2.75) is 18.3 Å². The number of nitrogens with one attached hydrogen (secondary N) is 1. The van der Waals surface area contributed by atoms with Gasteiger partial charge in [-0.3, -0.25) is 14.5 Å². The molecule has 0 aliphatic carbocycles. The van der Waals surface area contributed by atoms with E-state index in [9.17, 15) is 24.3 Å². The summed E-state index contributed by atoms with van der Waals surface area (Å²) in [7, 11) is 2.60. The number of nitrogens with zero attached hydrogens (tertiary/aromatic N) is 3. The maximum Gasteiger partial charge on any atom is 1.00 e. The fourth-order valence-corrected chi connectivity index (χ4v) is 5.51. The van der Waals surface area contributed by atoms with Crippen LogP contribution in [0.25, 0.3) is 0 Å². The molecule has 1 fully saturated rings. The van der Waals surface area contributed by atoms with E-state index in [4.69, 9.17) is 20.0 Å². The van der Waals surface area contributed by atoms with Gasteiger partial charge in [-0.05, 0) is 18.6 Å². The number of thioether (sulfide) groups is 1. The zero-order valence-corrected chi connectivity index (χ0v) is 23.2. The molecule has 3 N–H and O–H groups in total. The molecule has 0 saturated carbocycles. The predicted molar refractivity (Wildman–Crippen MR) is 121 cm³/mol. The number of thiazole rings is 1. The van der Waals surface area contributed by atoms with E-state index >= 15 is 0 Å². The number of ether oxygens (including phenoxy) is 2. The Balaban J connectivity index is 0.00000361. The second-order valence-corrected chi connectivity index (χ2v) is 9.27. The van der Waals surface area contributed by atoms with Crippen LogP contribution < -0.4 is 45.7 Å². The Morgan fingerprint density at radius 2 is 2.11 bits per heavy atom. The van der Waals surface area contributed by atoms with Crippen molar-refractivity contribution in [1.29, 1.82) is 0 Å². The van der Waals surface area contributed by atoms with Gasteiger partial charge in [0.15, 0.2) is 22.4 Å². The summed E-state index contributed by atoms with van der Waals surface area (Å²) in [5.74, 6) is -3.30. The van der Waals surface area contributed by atoms with E-state index < -0.39 is 35.2 Å². The molecule has 3 aliphatic heterocycles. The molecule has 2 atom stereocenters. The summed E-state index contributed by atoms with van der Waals surface area (Å²) < 4.78 is 10.3. The number of fused-ring (bicyclic) bond motifs is 1. The minimum absolute atomic E-state index is 0. The summed E-state index contributed by atoms with van der Waals surface area (Å²) in [4.78, 5) is 59.3. The summed E-state index contributed by atoms with van der Waals surface area (Å²) >= 11 is 2.31. The summed E-state index contributed by atoms with van der Waals surface area (Å²) in [5.41, 5.74) is 5.63. The van der Waals surface area contributed by atoms with Crippen molar-refractivity contribution in [1.82, 2.24) is 15.2 Å². The van der Waals surface area contributed by atoms with Gasteiger partial charge in [0.1, 0.15) is 24.2 Å². The smallest absolute Gasteiger partial charge is 0.543 e. The first-order chi connectivity index (χ1) is 16.7. The summed E-state index contributed by atoms with van der Waals surface area (Å²) in [5, 5.41) is 19.2. The molecule has 0 spiro atoms. The minimum Gasteiger partial charge on any atom is -0.543 e. The van der Waals surface area contributed by atoms with Crippen molar-refractivity contribution in [3.8, 4) is 0 Å². The summed E-state index contributed by atoms with van der Waals surface area (Å²) in [6.07, 6.45) is 1.33. The number of hydrogen-bond acceptors (Lipinski definition) is 13. The standard InChI is InChI=1S/C20H19N5O8S2.Na/c1-7-14(31-2)10(33-19(7)30)4-8-5-34-17-12(16(27)25(17)13(8)18(28)29)23-15(26)11(24-32-3)9-6-35-20(21)22-9;/h4,6,12,17H,5H2,1-3H3,(H2,21,22)(H,23,26)(H,28,29);/q;+1/p-1/b10-4-,24-11-;/t12-,17+;/m1./s1. The van der Waals surface area contributed by atoms with Crippen molar-refractivity contribution in [2.75, 3.05) is 25.7 Å². The normalized spacial score (nSPS) is 22.6. The molecule has 13 nitrogen and oxygen atoms in total. The van der Waals surface area contributed by atoms with Gasteiger partial charge in [0.05, 0.1) is 24.3 Å². The number of nitrogen functional groups attached to an aromatic ring is 1. The fourth-order valence-electron chi connectivity index (χ4n) is 3.65. The molecule has 184 valence electrons. The molecule has 4 rings (SSSR count). The van der Waals surface area contributed by atoms with Gasteiger partial charge >= 0.3 is 35.5 Å². The number of allylic oxidation sites excluding steroid dienone is 1. The van der Waals surface area contributed by atoms with Gasteiger partial charge < -0.3 is 35.3 Å². The van der Waals surface area contributed by atoms with Crippen LogP contribution in [0.1, 0.15) is 12.6 Å². The molecule has 0 aromatic carbocycles. The Kier molecular flexibility index (Phi) is 8.51. The Hall–Kier alpha value is -2.85. The summed E-state index contributed by atoms with van der Waals surface area (Å²) in [6.45, 7) is 1.51. The Morgan fingerprint density at radius 3 is 2.69 bits per heavy atom. The number of aliphatic carboxylic acids is 1. The van der Waals surface area contributed by atoms with Crippen LogP contribution in [0.4, 0.5) is 5.13 Å². The molecule has 16 heteroatoms. The molecular weight excluding hydrogens is 525 g/mol. The molecule has 0 radical (unpaired) electrons. The van der Waals surface area contributed by atoms with Gasteiger partial charge in [-0.2, -0.15) is 0 Å². The van der Waals surface area contributed by atoms with Crippen LogP contribution in [-0.2, 0) is 33.5 Å². The first kappa shape index (κ1) is 27.7. The Labute approximate surface area is 234 Å². The van der Waals surface area contributed by atoms with E-state index in [2.05, 4.69) is 15.5 Å². The minimum atomic E-state index is -1.59. The van der Waals surface area contributed by atoms with Crippen LogP contribution >= 0.6 is 23.1 Å². The maximum absolute atomic E-state index is 12.9. The molecule has 36 heavy (non-hydrogen) atoms. The van der Waals surface area contributed by atoms with Crippen molar-refractivity contribution in [3.63, 3.8) is 0 Å². The predicted octanol–water partition coefficient (Wildman–Crippen LogP) is -4.16. The van der Waals surface area contributed by atoms with Gasteiger partial charge in [0, 0.05) is 11.1 Å². The topological polar surface area (TPSA) is 186 Å². The number of methoxy groups -OCH3 is 1. The SMILES string of the molecule is CO/N=C(\C(=O)N[C@@H]1C(=O)N2C(C(=O)[O-])=C(/C=C3\OC(=O)C(C)=C3OC)CS[C@@H]12)c1csc(N)n1.[Na+]. The van der Waals surface area contributed by atoms with Crippen LogP contribution in [0.3, 0.4) is 0 Å². The number of carbonyl (C=O) groups excluding carboxylic acids is 4. The number of esters is 1. The van der Waals surface area contributed by atoms with Crippen molar-refractivity contribution in [2.24, 2.45) is 5.16 Å². The number of carboxylic acid groups (broad SMARTS) is 1. The molecule has 1 saturated heterocycles. The largest absolute Gasteiger partial charge is 1.00 e. The van der Waals surface area contributed by atoms with E-state index in [1.807, 2.05) is 0 Å². The molecule has 1 aromatic rings. The van der Waals surface area contributed by atoms with E-state index in [1.165, 1.54) is 44.4 Å². The fraction of sp³-hybridized carbons (Fsp3) is 0.300. The third-order valence-electron chi connectivity index (χ3n) is 5.22. The first-order valence-electron chi connectivity index (χ1n) is 9.89. The number of carboxylic acids is 1. The molecule has 0 bridgehead atoms. The second-order valence-electron chi connectivity index (χ2n) is 7.27. The average Bonchev–Trinajstić information content (AvgIpc) is 3.37. The van der Waals surface area contributed by atoms with Gasteiger partial charge in [0.25, 0.3) is 11.8 Å². The van der Waals surface area contributed by atoms with Crippen LogP contribution in [0.2, 0.25) is 0 Å². The van der Waals surface area contributed by atoms with Crippen LogP contribution in [0.15, 0.2) is 45.0 Å². The Bertz CT molecular complexity index is 1270. The number of β-lactam (4-membered cyclic amide) rings is 1. The third-order valence-corrected chi connectivity index (χ3v) is 7.20. The number of rotatable bonds is 7. The van der Waals surface area contributed by atoms with E-state index in [1.54, 1.807) is 0 Å². The number of oxime groups is 1. The quantitative estimate of drug-likeness (QED) is 0.112. The van der Waals surface area contributed by atoms with E-state index in [0.717, 1.165) is 16.2 Å². The number of hydrogen-bond donors (Lipinski definition) is 2. The molecule has 2 amide bonds. The number of anilines is 1.